The van der Waals surface area contributed by atoms with E-state index in [0.29, 0.717) is 50.8 Å². The van der Waals surface area contributed by atoms with Crippen molar-refractivity contribution in [2.75, 3.05) is 39.3 Å². The highest BCUT2D eigenvalue weighted by Gasteiger charge is 2.60. The van der Waals surface area contributed by atoms with Gasteiger partial charge in [0.05, 0.1) is 12.5 Å². The van der Waals surface area contributed by atoms with Gasteiger partial charge in [-0.15, -0.1) is 11.8 Å². The maximum absolute atomic E-state index is 15.4. The summed E-state index contributed by atoms with van der Waals surface area (Å²) in [6.45, 7) is 7.85. The Labute approximate surface area is 318 Å². The predicted octanol–water partition coefficient (Wildman–Crippen LogP) is 7.37. The van der Waals surface area contributed by atoms with E-state index in [1.165, 1.54) is 11.8 Å². The first-order valence-electron chi connectivity index (χ1n) is 17.7. The molecular weight excluding hydrogens is 748 g/mol. The zero-order valence-electron chi connectivity index (χ0n) is 29.2. The van der Waals surface area contributed by atoms with E-state index < -0.39 is 10.8 Å². The summed E-state index contributed by atoms with van der Waals surface area (Å²) < 4.78 is 2.00. The molecule has 3 N–H and O–H groups in total. The minimum atomic E-state index is -1.19. The van der Waals surface area contributed by atoms with Crippen molar-refractivity contribution < 1.29 is 14.4 Å². The molecule has 51 heavy (non-hydrogen) atoms. The molecule has 6 rings (SSSR count). The first-order valence-corrected chi connectivity index (χ1v) is 19.7. The van der Waals surface area contributed by atoms with Crippen LogP contribution in [0.5, 0.6) is 0 Å². The van der Waals surface area contributed by atoms with E-state index in [1.807, 2.05) is 90.4 Å². The van der Waals surface area contributed by atoms with E-state index in [9.17, 15) is 9.59 Å². The summed E-state index contributed by atoms with van der Waals surface area (Å²) in [5, 5.41) is 4.48. The van der Waals surface area contributed by atoms with Gasteiger partial charge < -0.3 is 30.3 Å². The molecule has 9 nitrogen and oxygen atoms in total. The number of carbonyl (C=O) groups excluding carboxylic acids is 3. The van der Waals surface area contributed by atoms with Crippen molar-refractivity contribution in [3.63, 3.8) is 0 Å². The highest BCUT2D eigenvalue weighted by Crippen LogP contribution is 2.55. The number of piperazine rings is 1. The number of likely N-dealkylation sites (tertiary alicyclic amines) is 1. The van der Waals surface area contributed by atoms with Crippen molar-refractivity contribution in [1.82, 2.24) is 24.6 Å². The van der Waals surface area contributed by atoms with Crippen molar-refractivity contribution in [2.45, 2.75) is 68.3 Å². The fraction of sp³-hybridized carbons (Fsp3) is 0.410. The highest BCUT2D eigenvalue weighted by atomic mass is 79.9. The number of thioether (sulfide) groups is 1. The predicted molar refractivity (Wildman–Crippen MR) is 209 cm³/mol. The number of amides is 4. The molecule has 2 fully saturated rings. The number of aryl methyl sites for hydroxylation is 2. The largest absolute Gasteiger partial charge is 0.347 e. The second-order valence-corrected chi connectivity index (χ2v) is 16.2. The quantitative estimate of drug-likeness (QED) is 0.146. The maximum Gasteiger partial charge on any atom is 0.317 e. The highest BCUT2D eigenvalue weighted by molar-refractivity contribution is 9.10. The number of hydrogen-bond acceptors (Lipinski definition) is 5. The number of unbranched alkanes of at least 4 members (excludes halogenated alkanes) is 2. The molecule has 1 aromatic heterocycles. The zero-order valence-corrected chi connectivity index (χ0v) is 32.4. The Hall–Kier alpha value is -3.51. The summed E-state index contributed by atoms with van der Waals surface area (Å²) in [4.78, 5) is 49.1. The van der Waals surface area contributed by atoms with Gasteiger partial charge in [-0.2, -0.15) is 0 Å². The SMILES string of the molecule is CCNC(=O)N1CCN(C(=O)C2(Sc3ccc(C)cc3)CC(=O)N(Cc3ccc(Br)cc3)C2c2cn(CCCCCN)c3cc(Cl)ccc23)CC1. The number of nitrogens with one attached hydrogen (secondary N) is 1. The third-order valence-electron chi connectivity index (χ3n) is 9.89. The summed E-state index contributed by atoms with van der Waals surface area (Å²) in [5.41, 5.74) is 9.81. The van der Waals surface area contributed by atoms with Crippen molar-refractivity contribution in [2.24, 2.45) is 5.73 Å². The lowest BCUT2D eigenvalue weighted by molar-refractivity contribution is -0.136. The van der Waals surface area contributed by atoms with Gasteiger partial charge in [-0.1, -0.05) is 69.8 Å². The lowest BCUT2D eigenvalue weighted by atomic mass is 9.90. The number of nitrogens with two attached hydrogens (primary N) is 1. The van der Waals surface area contributed by atoms with Gasteiger partial charge in [-0.3, -0.25) is 9.59 Å². The molecule has 2 aliphatic rings. The average Bonchev–Trinajstić information content (AvgIpc) is 3.61. The second kappa shape index (κ2) is 16.4. The van der Waals surface area contributed by atoms with Crippen LogP contribution in [0, 0.1) is 6.92 Å². The molecule has 3 aromatic carbocycles. The van der Waals surface area contributed by atoms with Gasteiger partial charge in [-0.25, -0.2) is 4.79 Å². The normalized spacial score (nSPS) is 19.3. The molecule has 12 heteroatoms. The first-order chi connectivity index (χ1) is 24.6. The molecule has 270 valence electrons. The van der Waals surface area contributed by atoms with Gasteiger partial charge >= 0.3 is 6.03 Å². The van der Waals surface area contributed by atoms with Gasteiger partial charge in [0.15, 0.2) is 0 Å². The van der Waals surface area contributed by atoms with Crippen LogP contribution in [0.3, 0.4) is 0 Å². The van der Waals surface area contributed by atoms with Crippen LogP contribution in [0.25, 0.3) is 10.9 Å². The van der Waals surface area contributed by atoms with Crippen LogP contribution in [0.4, 0.5) is 4.79 Å². The number of urea groups is 1. The van der Waals surface area contributed by atoms with Crippen LogP contribution in [-0.2, 0) is 22.7 Å². The van der Waals surface area contributed by atoms with Crippen LogP contribution in [-0.4, -0.2) is 81.1 Å². The van der Waals surface area contributed by atoms with E-state index in [0.717, 1.165) is 62.8 Å². The van der Waals surface area contributed by atoms with Crippen molar-refractivity contribution in [3.8, 4) is 0 Å². The molecule has 0 spiro atoms. The molecule has 2 unspecified atom stereocenters. The van der Waals surface area contributed by atoms with Crippen LogP contribution in [0.1, 0.15) is 55.3 Å². The molecule has 4 aromatic rings. The first kappa shape index (κ1) is 37.3. The topological polar surface area (TPSA) is 104 Å². The van der Waals surface area contributed by atoms with Gasteiger partial charge in [0.2, 0.25) is 11.8 Å². The number of carbonyl (C=O) groups is 3. The zero-order chi connectivity index (χ0) is 36.1. The van der Waals surface area contributed by atoms with E-state index in [2.05, 4.69) is 32.0 Å². The van der Waals surface area contributed by atoms with E-state index in [1.54, 1.807) is 4.90 Å². The fourth-order valence-electron chi connectivity index (χ4n) is 7.29. The Bertz CT molecular complexity index is 1860. The van der Waals surface area contributed by atoms with Crippen LogP contribution >= 0.6 is 39.3 Å². The van der Waals surface area contributed by atoms with Gasteiger partial charge in [-0.05, 0) is 75.2 Å². The van der Waals surface area contributed by atoms with Crippen molar-refractivity contribution in [3.05, 3.63) is 99.1 Å². The summed E-state index contributed by atoms with van der Waals surface area (Å²) in [6, 6.07) is 21.4. The van der Waals surface area contributed by atoms with Crippen LogP contribution < -0.4 is 11.1 Å². The summed E-state index contributed by atoms with van der Waals surface area (Å²) in [7, 11) is 0. The number of rotatable bonds is 12. The molecule has 0 saturated carbocycles. The van der Waals surface area contributed by atoms with Crippen molar-refractivity contribution in [1.29, 1.82) is 0 Å². The molecule has 4 amide bonds. The number of aromatic nitrogens is 1. The Kier molecular flexibility index (Phi) is 12.0. The molecule has 0 bridgehead atoms. The lowest BCUT2D eigenvalue weighted by Gasteiger charge is -2.42. The molecular formula is C39H46BrClN6O3S. The second-order valence-electron chi connectivity index (χ2n) is 13.4. The summed E-state index contributed by atoms with van der Waals surface area (Å²) in [5.74, 6) is -0.160. The molecule has 2 aliphatic heterocycles. The standard InChI is InChI=1S/C39H46BrClN6O3S/c1-3-43-38(50)45-21-19-44(20-22-45)37(49)39(51-31-14-7-27(2)8-15-31)24-35(48)47(25-28-9-11-29(40)12-10-28)36(39)33-26-46(18-6-4-5-17-42)34-23-30(41)13-16-32(33)34/h7-16,23,26,36H,3-6,17-22,24-25,42H2,1-2H3,(H,43,50). The Morgan fingerprint density at radius 2 is 1.69 bits per heavy atom. The maximum atomic E-state index is 15.4. The number of benzene rings is 3. The average molecular weight is 794 g/mol. The number of hydrogen-bond donors (Lipinski definition) is 2. The number of fused-ring (bicyclic) bond motifs is 1. The van der Waals surface area contributed by atoms with Crippen LogP contribution in [0.2, 0.25) is 5.02 Å². The lowest BCUT2D eigenvalue weighted by Crippen LogP contribution is -2.58. The summed E-state index contributed by atoms with van der Waals surface area (Å²) in [6.07, 6.45) is 5.07. The summed E-state index contributed by atoms with van der Waals surface area (Å²) >= 11 is 11.6. The minimum absolute atomic E-state index is 0.0405. The fourth-order valence-corrected chi connectivity index (χ4v) is 9.19. The number of halogens is 2. The molecule has 0 radical (unpaired) electrons. The van der Waals surface area contributed by atoms with E-state index in [-0.39, 0.29) is 24.3 Å². The number of nitrogens with zero attached hydrogens (tertiary/aromatic N) is 4. The van der Waals surface area contributed by atoms with E-state index >= 15 is 4.79 Å². The van der Waals surface area contributed by atoms with Gasteiger partial charge in [0, 0.05) is 82.9 Å². The van der Waals surface area contributed by atoms with Gasteiger partial charge in [0.1, 0.15) is 4.75 Å². The van der Waals surface area contributed by atoms with Gasteiger partial charge in [0.25, 0.3) is 0 Å². The third-order valence-corrected chi connectivity index (χ3v) is 12.1. The van der Waals surface area contributed by atoms with E-state index in [4.69, 9.17) is 17.3 Å². The van der Waals surface area contributed by atoms with Crippen molar-refractivity contribution >= 4 is 68.0 Å². The molecule has 2 atom stereocenters. The smallest absolute Gasteiger partial charge is 0.317 e. The molecule has 3 heterocycles. The molecule has 0 aliphatic carbocycles. The molecule has 2 saturated heterocycles. The Morgan fingerprint density at radius 1 is 0.980 bits per heavy atom. The minimum Gasteiger partial charge on any atom is -0.347 e. The Balaban J connectivity index is 1.49. The Morgan fingerprint density at radius 3 is 2.37 bits per heavy atom. The van der Waals surface area contributed by atoms with Crippen LogP contribution in [0.15, 0.2) is 82.3 Å². The monoisotopic (exact) mass is 792 g/mol. The third kappa shape index (κ3) is 8.11.